The molecule has 0 bridgehead atoms. The maximum atomic E-state index is 13.8. The number of hydrogen-bond donors (Lipinski definition) is 1. The third-order valence-electron chi connectivity index (χ3n) is 6.50. The van der Waals surface area contributed by atoms with Gasteiger partial charge in [0.05, 0.1) is 11.9 Å². The lowest BCUT2D eigenvalue weighted by Gasteiger charge is -2.32. The van der Waals surface area contributed by atoms with Crippen molar-refractivity contribution in [1.29, 1.82) is 0 Å². The highest BCUT2D eigenvalue weighted by molar-refractivity contribution is 7.92. The van der Waals surface area contributed by atoms with Gasteiger partial charge in [-0.15, -0.1) is 0 Å². The first kappa shape index (κ1) is 31.2. The van der Waals surface area contributed by atoms with E-state index in [-0.39, 0.29) is 37.7 Å². The molecule has 0 saturated heterocycles. The number of nitrogens with zero attached hydrogens (tertiary/aromatic N) is 2. The predicted octanol–water partition coefficient (Wildman–Crippen LogP) is 5.36. The third-order valence-corrected chi connectivity index (χ3v) is 7.93. The van der Waals surface area contributed by atoms with E-state index < -0.39 is 16.1 Å². The smallest absolute Gasteiger partial charge is 0.243 e. The van der Waals surface area contributed by atoms with Crippen LogP contribution in [0.25, 0.3) is 0 Å². The first-order chi connectivity index (χ1) is 19.1. The summed E-state index contributed by atoms with van der Waals surface area (Å²) in [6, 6.07) is 23.4. The molecule has 0 radical (unpaired) electrons. The van der Waals surface area contributed by atoms with E-state index >= 15 is 0 Å². The van der Waals surface area contributed by atoms with Gasteiger partial charge < -0.3 is 10.2 Å². The Bertz CT molecular complexity index is 1380. The minimum atomic E-state index is -3.60. The van der Waals surface area contributed by atoms with Crippen LogP contribution in [0.4, 0.5) is 5.69 Å². The lowest BCUT2D eigenvalue weighted by molar-refractivity contribution is -0.141. The van der Waals surface area contributed by atoms with Crippen LogP contribution >= 0.6 is 11.6 Å². The lowest BCUT2D eigenvalue weighted by Crippen LogP contribution is -2.50. The number of benzene rings is 3. The molecule has 2 amide bonds. The molecule has 7 nitrogen and oxygen atoms in total. The fourth-order valence-electron chi connectivity index (χ4n) is 4.56. The van der Waals surface area contributed by atoms with Gasteiger partial charge in [0.1, 0.15) is 6.04 Å². The van der Waals surface area contributed by atoms with Gasteiger partial charge in [-0.1, -0.05) is 84.8 Å². The zero-order chi connectivity index (χ0) is 29.1. The Balaban J connectivity index is 1.87. The standard InChI is InChI=1S/C31H38ClN3O4S/c1-4-18-33-31(37)29(21-25-12-6-5-7-13-25)34(23-26-14-8-11-24(2)20-26)30(36)17-10-19-35(40(3,38)39)28-16-9-15-27(32)22-28/h5-9,11-16,20,22,29H,4,10,17-19,21,23H2,1-3H3,(H,33,37). The second kappa shape index (κ2) is 14.9. The first-order valence-corrected chi connectivity index (χ1v) is 15.7. The first-order valence-electron chi connectivity index (χ1n) is 13.5. The molecule has 1 N–H and O–H groups in total. The van der Waals surface area contributed by atoms with Crippen LogP contribution in [0.1, 0.15) is 42.9 Å². The van der Waals surface area contributed by atoms with Gasteiger partial charge in [0.15, 0.2) is 0 Å². The Kier molecular flexibility index (Phi) is 11.6. The molecular formula is C31H38ClN3O4S. The molecule has 0 aliphatic rings. The SMILES string of the molecule is CCCNC(=O)C(Cc1ccccc1)N(Cc1cccc(C)c1)C(=O)CCCN(c1cccc(Cl)c1)S(C)(=O)=O. The van der Waals surface area contributed by atoms with Gasteiger partial charge >= 0.3 is 0 Å². The molecule has 3 aromatic carbocycles. The normalized spacial score (nSPS) is 12.0. The summed E-state index contributed by atoms with van der Waals surface area (Å²) in [5.41, 5.74) is 3.38. The van der Waals surface area contributed by atoms with Crippen molar-refractivity contribution in [2.45, 2.75) is 52.1 Å². The van der Waals surface area contributed by atoms with E-state index in [9.17, 15) is 18.0 Å². The Labute approximate surface area is 243 Å². The largest absolute Gasteiger partial charge is 0.354 e. The molecule has 0 spiro atoms. The van der Waals surface area contributed by atoms with Gasteiger partial charge in [-0.25, -0.2) is 8.42 Å². The van der Waals surface area contributed by atoms with E-state index in [1.54, 1.807) is 29.2 Å². The summed E-state index contributed by atoms with van der Waals surface area (Å²) >= 11 is 6.10. The van der Waals surface area contributed by atoms with Crippen molar-refractivity contribution in [2.24, 2.45) is 0 Å². The lowest BCUT2D eigenvalue weighted by atomic mass is 10.0. The van der Waals surface area contributed by atoms with E-state index in [0.29, 0.717) is 23.7 Å². The maximum Gasteiger partial charge on any atom is 0.243 e. The Morgan fingerprint density at radius 3 is 2.30 bits per heavy atom. The predicted molar refractivity (Wildman–Crippen MR) is 162 cm³/mol. The van der Waals surface area contributed by atoms with Crippen LogP contribution in [0, 0.1) is 6.92 Å². The number of aryl methyl sites for hydroxylation is 1. The molecule has 0 saturated carbocycles. The van der Waals surface area contributed by atoms with Crippen molar-refractivity contribution in [3.05, 3.63) is 101 Å². The highest BCUT2D eigenvalue weighted by Gasteiger charge is 2.30. The summed E-state index contributed by atoms with van der Waals surface area (Å²) in [5.74, 6) is -0.419. The molecule has 3 aromatic rings. The summed E-state index contributed by atoms with van der Waals surface area (Å²) in [7, 11) is -3.60. The van der Waals surface area contributed by atoms with Gasteiger partial charge in [0.2, 0.25) is 21.8 Å². The Hall–Kier alpha value is -3.36. The van der Waals surface area contributed by atoms with Crippen molar-refractivity contribution < 1.29 is 18.0 Å². The van der Waals surface area contributed by atoms with E-state index in [0.717, 1.165) is 29.4 Å². The van der Waals surface area contributed by atoms with Crippen molar-refractivity contribution in [3.63, 3.8) is 0 Å². The number of nitrogens with one attached hydrogen (secondary N) is 1. The molecular weight excluding hydrogens is 546 g/mol. The van der Waals surface area contributed by atoms with E-state index in [4.69, 9.17) is 11.6 Å². The molecule has 0 heterocycles. The fourth-order valence-corrected chi connectivity index (χ4v) is 5.70. The summed E-state index contributed by atoms with van der Waals surface area (Å²) in [6.07, 6.45) is 2.63. The molecule has 3 rings (SSSR count). The third kappa shape index (κ3) is 9.38. The molecule has 0 fully saturated rings. The number of halogens is 1. The topological polar surface area (TPSA) is 86.8 Å². The number of hydrogen-bond acceptors (Lipinski definition) is 4. The summed E-state index contributed by atoms with van der Waals surface area (Å²) < 4.78 is 26.4. The van der Waals surface area contributed by atoms with E-state index in [1.165, 1.54) is 4.31 Å². The zero-order valence-electron chi connectivity index (χ0n) is 23.3. The van der Waals surface area contributed by atoms with Crippen LogP contribution in [-0.2, 0) is 32.6 Å². The number of carbonyl (C=O) groups excluding carboxylic acids is 2. The molecule has 0 aliphatic carbocycles. The number of sulfonamides is 1. The monoisotopic (exact) mass is 583 g/mol. The molecule has 1 atom stereocenters. The average molecular weight is 584 g/mol. The molecule has 40 heavy (non-hydrogen) atoms. The summed E-state index contributed by atoms with van der Waals surface area (Å²) in [5, 5.41) is 3.40. The van der Waals surface area contributed by atoms with Crippen molar-refractivity contribution in [1.82, 2.24) is 10.2 Å². The quantitative estimate of drug-likeness (QED) is 0.277. The van der Waals surface area contributed by atoms with Crippen LogP contribution in [0.2, 0.25) is 5.02 Å². The Morgan fingerprint density at radius 2 is 1.65 bits per heavy atom. The van der Waals surface area contributed by atoms with E-state index in [2.05, 4.69) is 5.32 Å². The maximum absolute atomic E-state index is 13.8. The zero-order valence-corrected chi connectivity index (χ0v) is 24.9. The minimum absolute atomic E-state index is 0.0742. The molecule has 214 valence electrons. The van der Waals surface area contributed by atoms with Crippen LogP contribution in [0.3, 0.4) is 0 Å². The molecule has 0 aromatic heterocycles. The molecule has 0 aliphatic heterocycles. The number of amides is 2. The highest BCUT2D eigenvalue weighted by Crippen LogP contribution is 2.23. The molecule has 9 heteroatoms. The van der Waals surface area contributed by atoms with Crippen molar-refractivity contribution >= 4 is 39.1 Å². The van der Waals surface area contributed by atoms with Crippen molar-refractivity contribution in [3.8, 4) is 0 Å². The van der Waals surface area contributed by atoms with Crippen LogP contribution in [0.15, 0.2) is 78.9 Å². The van der Waals surface area contributed by atoms with Gasteiger partial charge in [-0.05, 0) is 49.1 Å². The van der Waals surface area contributed by atoms with Crippen LogP contribution in [0.5, 0.6) is 0 Å². The van der Waals surface area contributed by atoms with Gasteiger partial charge in [-0.2, -0.15) is 0 Å². The van der Waals surface area contributed by atoms with Gasteiger partial charge in [-0.3, -0.25) is 13.9 Å². The van der Waals surface area contributed by atoms with Crippen LogP contribution < -0.4 is 9.62 Å². The summed E-state index contributed by atoms with van der Waals surface area (Å²) in [4.78, 5) is 28.9. The van der Waals surface area contributed by atoms with Gasteiger partial charge in [0, 0.05) is 37.5 Å². The second-order valence-corrected chi connectivity index (χ2v) is 12.3. The van der Waals surface area contributed by atoms with Crippen molar-refractivity contribution in [2.75, 3.05) is 23.7 Å². The van der Waals surface area contributed by atoms with Crippen LogP contribution in [-0.4, -0.2) is 50.5 Å². The number of anilines is 1. The minimum Gasteiger partial charge on any atom is -0.354 e. The Morgan fingerprint density at radius 1 is 0.950 bits per heavy atom. The summed E-state index contributed by atoms with van der Waals surface area (Å²) in [6.45, 7) is 4.85. The van der Waals surface area contributed by atoms with Gasteiger partial charge in [0.25, 0.3) is 0 Å². The number of rotatable bonds is 14. The number of carbonyl (C=O) groups is 2. The molecule has 1 unspecified atom stereocenters. The fraction of sp³-hybridized carbons (Fsp3) is 0.355. The second-order valence-electron chi connectivity index (χ2n) is 9.93. The highest BCUT2D eigenvalue weighted by atomic mass is 35.5. The van der Waals surface area contributed by atoms with E-state index in [1.807, 2.05) is 68.4 Å². The average Bonchev–Trinajstić information content (AvgIpc) is 2.91.